The molecule has 1 unspecified atom stereocenters. The van der Waals surface area contributed by atoms with Crippen LogP contribution in [0.3, 0.4) is 0 Å². The third-order valence-corrected chi connectivity index (χ3v) is 8.83. The van der Waals surface area contributed by atoms with E-state index in [1.54, 1.807) is 47.5 Å². The third kappa shape index (κ3) is 4.56. The topological polar surface area (TPSA) is 110 Å². The second-order valence-corrected chi connectivity index (χ2v) is 11.2. The number of carbonyl (C=O) groups is 2. The second kappa shape index (κ2) is 10.5. The Hall–Kier alpha value is -4.41. The minimum atomic E-state index is -0.741. The molecule has 1 aliphatic carbocycles. The summed E-state index contributed by atoms with van der Waals surface area (Å²) in [7, 11) is 0. The Kier molecular flexibility index (Phi) is 6.59. The lowest BCUT2D eigenvalue weighted by atomic mass is 10.0. The lowest BCUT2D eigenvalue weighted by molar-refractivity contribution is -0.133. The molecule has 3 aromatic rings. The predicted octanol–water partition coefficient (Wildman–Crippen LogP) is 2.04. The van der Waals surface area contributed by atoms with Gasteiger partial charge in [-0.25, -0.2) is 20.4 Å². The number of nitrogens with zero attached hydrogens (tertiary/aromatic N) is 8. The summed E-state index contributed by atoms with van der Waals surface area (Å²) >= 11 is 0. The maximum atomic E-state index is 15.3. The fourth-order valence-electron chi connectivity index (χ4n) is 6.52. The number of cyclic esters (lactones) is 1. The van der Waals surface area contributed by atoms with Gasteiger partial charge in [-0.15, -0.1) is 5.10 Å². The van der Waals surface area contributed by atoms with E-state index in [1.165, 1.54) is 11.0 Å². The third-order valence-electron chi connectivity index (χ3n) is 8.83. The van der Waals surface area contributed by atoms with E-state index < -0.39 is 23.6 Å². The number of rotatable bonds is 7. The van der Waals surface area contributed by atoms with Crippen LogP contribution < -0.4 is 4.90 Å². The van der Waals surface area contributed by atoms with Gasteiger partial charge >= 0.3 is 6.09 Å². The molecule has 0 N–H and O–H groups in total. The first-order valence-corrected chi connectivity index (χ1v) is 14.0. The number of ether oxygens (including phenoxy) is 2. The zero-order valence-corrected chi connectivity index (χ0v) is 22.8. The first-order chi connectivity index (χ1) is 20.5. The molecule has 0 spiro atoms. The Labute approximate surface area is 241 Å². The van der Waals surface area contributed by atoms with Gasteiger partial charge < -0.3 is 19.2 Å². The van der Waals surface area contributed by atoms with Gasteiger partial charge in [-0.1, -0.05) is 11.3 Å². The fourth-order valence-corrected chi connectivity index (χ4v) is 6.52. The van der Waals surface area contributed by atoms with Crippen LogP contribution in [0.2, 0.25) is 0 Å². The number of likely N-dealkylation sites (tertiary alicyclic amines) is 1. The minimum Gasteiger partial charge on any atom is -0.442 e. The fraction of sp³-hybridized carbons (Fsp3) is 0.448. The van der Waals surface area contributed by atoms with Gasteiger partial charge in [0.1, 0.15) is 17.6 Å². The van der Waals surface area contributed by atoms with Crippen LogP contribution in [0.25, 0.3) is 16.0 Å². The van der Waals surface area contributed by atoms with E-state index >= 15 is 4.39 Å². The molecule has 1 saturated carbocycles. The normalized spacial score (nSPS) is 27.0. The average Bonchev–Trinajstić information content (AvgIpc) is 3.51. The molecule has 3 aliphatic heterocycles. The number of hydrogen-bond donors (Lipinski definition) is 0. The van der Waals surface area contributed by atoms with Gasteiger partial charge in [0.15, 0.2) is 0 Å². The number of morpholine rings is 1. The average molecular weight is 573 g/mol. The Morgan fingerprint density at radius 3 is 2.62 bits per heavy atom. The Balaban J connectivity index is 1.00. The largest absolute Gasteiger partial charge is 0.442 e. The highest BCUT2D eigenvalue weighted by molar-refractivity contribution is 5.90. The summed E-state index contributed by atoms with van der Waals surface area (Å²) in [5.41, 5.74) is 1.24. The number of anilines is 1. The van der Waals surface area contributed by atoms with Gasteiger partial charge in [0, 0.05) is 49.7 Å². The van der Waals surface area contributed by atoms with Crippen LogP contribution in [0.15, 0.2) is 48.9 Å². The number of carbonyl (C=O) groups excluding carboxylic acids is 2. The van der Waals surface area contributed by atoms with E-state index in [2.05, 4.69) is 25.0 Å². The van der Waals surface area contributed by atoms with Crippen molar-refractivity contribution in [2.75, 3.05) is 57.4 Å². The molecule has 216 valence electrons. The molecule has 0 radical (unpaired) electrons. The molecule has 4 atom stereocenters. The van der Waals surface area contributed by atoms with Crippen molar-refractivity contribution in [1.29, 1.82) is 0 Å². The molecule has 13 heteroatoms. The number of fused-ring (bicyclic) bond motifs is 1. The van der Waals surface area contributed by atoms with E-state index in [4.69, 9.17) is 16.0 Å². The molecular weight excluding hydrogens is 543 g/mol. The standard InChI is InChI=1S/C29H29FN8O4/c1-31-29(23-16-36(17-24(23)29)27(39)18-35-8-10-41-11-9-35)26-5-2-19(13-32-26)22-4-3-20(12-25(22)30)38-15-21(42-28(38)40)14-37-7-6-33-34-37/h2-7,12-13,21,23-24H,8-11,14-18H2/t21-,23-,24+,29?/m0/s1. The molecule has 7 rings (SSSR count). The van der Waals surface area contributed by atoms with Crippen molar-refractivity contribution in [2.24, 2.45) is 11.8 Å². The van der Waals surface area contributed by atoms with Crippen LogP contribution in [-0.4, -0.2) is 100 Å². The summed E-state index contributed by atoms with van der Waals surface area (Å²) < 4.78 is 27.6. The summed E-state index contributed by atoms with van der Waals surface area (Å²) in [6.07, 6.45) is 3.85. The van der Waals surface area contributed by atoms with Crippen LogP contribution in [-0.2, 0) is 26.4 Å². The summed E-state index contributed by atoms with van der Waals surface area (Å²) in [6, 6.07) is 8.19. The number of piperidine rings is 1. The quantitative estimate of drug-likeness (QED) is 0.396. The van der Waals surface area contributed by atoms with Crippen LogP contribution in [0.1, 0.15) is 5.69 Å². The predicted molar refractivity (Wildman–Crippen MR) is 146 cm³/mol. The van der Waals surface area contributed by atoms with E-state index in [0.717, 1.165) is 13.1 Å². The molecule has 3 saturated heterocycles. The van der Waals surface area contributed by atoms with Gasteiger partial charge in [-0.3, -0.25) is 19.6 Å². The van der Waals surface area contributed by atoms with Crippen LogP contribution >= 0.6 is 0 Å². The van der Waals surface area contributed by atoms with Crippen LogP contribution in [0.4, 0.5) is 14.9 Å². The summed E-state index contributed by atoms with van der Waals surface area (Å²) in [4.78, 5) is 39.3. The van der Waals surface area contributed by atoms with Gasteiger partial charge in [0.05, 0.1) is 56.6 Å². The molecule has 5 heterocycles. The number of aromatic nitrogens is 4. The van der Waals surface area contributed by atoms with Crippen molar-refractivity contribution in [3.05, 3.63) is 71.9 Å². The molecule has 1 aromatic carbocycles. The monoisotopic (exact) mass is 572 g/mol. The molecule has 42 heavy (non-hydrogen) atoms. The summed E-state index contributed by atoms with van der Waals surface area (Å²) in [6.45, 7) is 12.9. The molecule has 4 aliphatic rings. The summed E-state index contributed by atoms with van der Waals surface area (Å²) in [5.74, 6) is -0.302. The highest BCUT2D eigenvalue weighted by Gasteiger charge is 2.78. The minimum absolute atomic E-state index is 0.0478. The van der Waals surface area contributed by atoms with E-state index in [-0.39, 0.29) is 24.3 Å². The molecule has 0 bridgehead atoms. The van der Waals surface area contributed by atoms with Crippen LogP contribution in [0, 0.1) is 24.2 Å². The molecule has 2 amide bonds. The molecular formula is C29H29FN8O4. The molecule has 12 nitrogen and oxygen atoms in total. The lowest BCUT2D eigenvalue weighted by Gasteiger charge is -2.29. The molecule has 4 fully saturated rings. The molecule has 2 aromatic heterocycles. The Morgan fingerprint density at radius 2 is 1.95 bits per heavy atom. The zero-order valence-electron chi connectivity index (χ0n) is 22.8. The van der Waals surface area contributed by atoms with Crippen molar-refractivity contribution in [3.63, 3.8) is 0 Å². The summed E-state index contributed by atoms with van der Waals surface area (Å²) in [5, 5.41) is 7.64. The van der Waals surface area contributed by atoms with Crippen molar-refractivity contribution < 1.29 is 23.5 Å². The highest BCUT2D eigenvalue weighted by Crippen LogP contribution is 2.64. The SMILES string of the molecule is [C-]#[N+]C1(c2ccc(-c3ccc(N4C[C@H](Cn5ccnn5)OC4=O)cc3F)cn2)[C@@H]2CN(C(=O)CN3CCOCC3)C[C@@H]21. The van der Waals surface area contributed by atoms with Gasteiger partial charge in [-0.05, 0) is 24.3 Å². The number of amides is 2. The lowest BCUT2D eigenvalue weighted by Crippen LogP contribution is -2.45. The Morgan fingerprint density at radius 1 is 1.14 bits per heavy atom. The Bertz CT molecular complexity index is 1520. The van der Waals surface area contributed by atoms with E-state index in [9.17, 15) is 9.59 Å². The zero-order chi connectivity index (χ0) is 28.8. The van der Waals surface area contributed by atoms with E-state index in [1.807, 2.05) is 4.90 Å². The first kappa shape index (κ1) is 26.5. The van der Waals surface area contributed by atoms with Crippen molar-refractivity contribution in [1.82, 2.24) is 29.8 Å². The highest BCUT2D eigenvalue weighted by atomic mass is 19.1. The van der Waals surface area contributed by atoms with Crippen LogP contribution in [0.5, 0.6) is 0 Å². The van der Waals surface area contributed by atoms with E-state index in [0.29, 0.717) is 61.9 Å². The van der Waals surface area contributed by atoms with Gasteiger partial charge in [-0.2, -0.15) is 0 Å². The smallest absolute Gasteiger partial charge is 0.414 e. The maximum absolute atomic E-state index is 15.3. The second-order valence-electron chi connectivity index (χ2n) is 11.2. The van der Waals surface area contributed by atoms with Gasteiger partial charge in [0.2, 0.25) is 5.91 Å². The number of pyridine rings is 1. The van der Waals surface area contributed by atoms with Crippen molar-refractivity contribution in [3.8, 4) is 11.1 Å². The van der Waals surface area contributed by atoms with Crippen molar-refractivity contribution >= 4 is 17.7 Å². The van der Waals surface area contributed by atoms with Gasteiger partial charge in [0.25, 0.3) is 5.54 Å². The number of hydrogen-bond acceptors (Lipinski definition) is 8. The number of halogens is 1. The first-order valence-electron chi connectivity index (χ1n) is 14.0. The van der Waals surface area contributed by atoms with Crippen molar-refractivity contribution in [2.45, 2.75) is 18.2 Å². The maximum Gasteiger partial charge on any atom is 0.414 e. The number of benzene rings is 1.